The van der Waals surface area contributed by atoms with Gasteiger partial charge in [0.1, 0.15) is 5.82 Å². The van der Waals surface area contributed by atoms with Gasteiger partial charge in [-0.05, 0) is 31.9 Å². The first-order chi connectivity index (χ1) is 12.1. The van der Waals surface area contributed by atoms with Crippen LogP contribution in [0.3, 0.4) is 0 Å². The second-order valence-electron chi connectivity index (χ2n) is 6.99. The molecule has 2 aliphatic rings. The van der Waals surface area contributed by atoms with E-state index < -0.39 is 0 Å². The lowest BCUT2D eigenvalue weighted by Crippen LogP contribution is -2.48. The number of piperidine rings is 1. The van der Waals surface area contributed by atoms with Crippen LogP contribution in [0.4, 0.5) is 4.39 Å². The van der Waals surface area contributed by atoms with Gasteiger partial charge in [0.05, 0.1) is 6.61 Å². The molecule has 0 aliphatic carbocycles. The van der Waals surface area contributed by atoms with Gasteiger partial charge in [-0.25, -0.2) is 4.39 Å². The maximum atomic E-state index is 13.9. The third-order valence-corrected chi connectivity index (χ3v) is 5.17. The van der Waals surface area contributed by atoms with Crippen LogP contribution >= 0.6 is 0 Å². The van der Waals surface area contributed by atoms with Crippen molar-refractivity contribution in [1.82, 2.24) is 14.9 Å². The maximum absolute atomic E-state index is 13.9. The summed E-state index contributed by atoms with van der Waals surface area (Å²) in [5.74, 6) is 0.00732. The molecule has 2 heterocycles. The molecule has 2 aliphatic heterocycles. The van der Waals surface area contributed by atoms with Crippen LogP contribution in [0.25, 0.3) is 0 Å². The maximum Gasteiger partial charge on any atom is 0.223 e. The Kier molecular flexibility index (Phi) is 6.39. The summed E-state index contributed by atoms with van der Waals surface area (Å²) < 4.78 is 13.9. The van der Waals surface area contributed by atoms with E-state index in [1.54, 1.807) is 6.07 Å². The first-order valence-electron chi connectivity index (χ1n) is 9.23. The number of amides is 1. The molecule has 2 saturated heterocycles. The standard InChI is InChI=1S/C19H28FN3O2/c1-21(19(24)9-12-23-11-5-13-25-23)17-7-4-10-22(15-17)14-16-6-2-3-8-18(16)20/h2-3,6,8,17H,4-5,7,9-15H2,1H3/t17-/m1/s1. The summed E-state index contributed by atoms with van der Waals surface area (Å²) in [5.41, 5.74) is 0.725. The third-order valence-electron chi connectivity index (χ3n) is 5.17. The van der Waals surface area contributed by atoms with E-state index in [9.17, 15) is 9.18 Å². The largest absolute Gasteiger partial charge is 0.341 e. The van der Waals surface area contributed by atoms with Crippen LogP contribution in [0.2, 0.25) is 0 Å². The Labute approximate surface area is 149 Å². The van der Waals surface area contributed by atoms with E-state index in [0.29, 0.717) is 19.5 Å². The van der Waals surface area contributed by atoms with E-state index in [1.165, 1.54) is 6.07 Å². The molecule has 1 aromatic carbocycles. The highest BCUT2D eigenvalue weighted by molar-refractivity contribution is 5.76. The Morgan fingerprint density at radius 1 is 1.32 bits per heavy atom. The molecule has 0 aromatic heterocycles. The molecule has 1 amide bonds. The monoisotopic (exact) mass is 349 g/mol. The minimum Gasteiger partial charge on any atom is -0.341 e. The summed E-state index contributed by atoms with van der Waals surface area (Å²) in [6, 6.07) is 7.13. The Balaban J connectivity index is 1.49. The van der Waals surface area contributed by atoms with Crippen LogP contribution in [0.1, 0.15) is 31.2 Å². The predicted octanol–water partition coefficient (Wildman–Crippen LogP) is 2.28. The number of hydrogen-bond donors (Lipinski definition) is 0. The van der Waals surface area contributed by atoms with Gasteiger partial charge in [-0.15, -0.1) is 0 Å². The molecule has 138 valence electrons. The molecule has 0 unspecified atom stereocenters. The fourth-order valence-corrected chi connectivity index (χ4v) is 3.63. The molecule has 25 heavy (non-hydrogen) atoms. The van der Waals surface area contributed by atoms with Gasteiger partial charge < -0.3 is 4.90 Å². The first-order valence-corrected chi connectivity index (χ1v) is 9.23. The second kappa shape index (κ2) is 8.74. The minimum absolute atomic E-state index is 0.153. The highest BCUT2D eigenvalue weighted by Crippen LogP contribution is 2.19. The number of hydrogen-bond acceptors (Lipinski definition) is 4. The average molecular weight is 349 g/mol. The fraction of sp³-hybridized carbons (Fsp3) is 0.632. The lowest BCUT2D eigenvalue weighted by atomic mass is 10.0. The van der Waals surface area contributed by atoms with Gasteiger partial charge in [0, 0.05) is 51.3 Å². The van der Waals surface area contributed by atoms with Crippen LogP contribution in [0, 0.1) is 5.82 Å². The molecule has 1 aromatic rings. The van der Waals surface area contributed by atoms with E-state index in [1.807, 2.05) is 29.1 Å². The smallest absolute Gasteiger partial charge is 0.223 e. The molecule has 3 rings (SSSR count). The molecule has 0 saturated carbocycles. The highest BCUT2D eigenvalue weighted by Gasteiger charge is 2.27. The van der Waals surface area contributed by atoms with E-state index in [4.69, 9.17) is 4.84 Å². The average Bonchev–Trinajstić information content (AvgIpc) is 3.15. The number of nitrogens with zero attached hydrogens (tertiary/aromatic N) is 3. The van der Waals surface area contributed by atoms with Gasteiger partial charge in [-0.2, -0.15) is 5.06 Å². The number of hydroxylamine groups is 2. The van der Waals surface area contributed by atoms with Crippen LogP contribution in [-0.2, 0) is 16.2 Å². The number of carbonyl (C=O) groups is 1. The zero-order chi connectivity index (χ0) is 17.6. The van der Waals surface area contributed by atoms with Crippen LogP contribution < -0.4 is 0 Å². The zero-order valence-electron chi connectivity index (χ0n) is 15.0. The molecule has 6 heteroatoms. The van der Waals surface area contributed by atoms with Gasteiger partial charge in [-0.3, -0.25) is 14.5 Å². The molecule has 0 spiro atoms. The van der Waals surface area contributed by atoms with Crippen molar-refractivity contribution in [3.05, 3.63) is 35.6 Å². The quantitative estimate of drug-likeness (QED) is 0.789. The lowest BCUT2D eigenvalue weighted by Gasteiger charge is -2.38. The highest BCUT2D eigenvalue weighted by atomic mass is 19.1. The summed E-state index contributed by atoms with van der Waals surface area (Å²) >= 11 is 0. The van der Waals surface area contributed by atoms with Crippen molar-refractivity contribution in [2.75, 3.05) is 39.8 Å². The van der Waals surface area contributed by atoms with Crippen LogP contribution in [-0.4, -0.2) is 66.6 Å². The predicted molar refractivity (Wildman–Crippen MR) is 94.2 cm³/mol. The summed E-state index contributed by atoms with van der Waals surface area (Å²) in [5, 5.41) is 1.89. The van der Waals surface area contributed by atoms with Crippen molar-refractivity contribution in [1.29, 1.82) is 0 Å². The van der Waals surface area contributed by atoms with Crippen molar-refractivity contribution in [2.24, 2.45) is 0 Å². The Bertz CT molecular complexity index is 578. The number of likely N-dealkylation sites (N-methyl/N-ethyl adjacent to an activating group) is 1. The number of halogens is 1. The molecular weight excluding hydrogens is 321 g/mol. The van der Waals surface area contributed by atoms with Crippen molar-refractivity contribution in [3.63, 3.8) is 0 Å². The Morgan fingerprint density at radius 2 is 2.16 bits per heavy atom. The van der Waals surface area contributed by atoms with Gasteiger partial charge in [0.2, 0.25) is 5.91 Å². The number of benzene rings is 1. The summed E-state index contributed by atoms with van der Waals surface area (Å²) in [6.45, 7) is 4.70. The number of rotatable bonds is 6. The molecule has 0 bridgehead atoms. The van der Waals surface area contributed by atoms with Crippen LogP contribution in [0.5, 0.6) is 0 Å². The molecule has 2 fully saturated rings. The zero-order valence-corrected chi connectivity index (χ0v) is 15.0. The molecular formula is C19H28FN3O2. The minimum atomic E-state index is -0.153. The first kappa shape index (κ1) is 18.3. The van der Waals surface area contributed by atoms with E-state index in [0.717, 1.165) is 51.1 Å². The summed E-state index contributed by atoms with van der Waals surface area (Å²) in [7, 11) is 1.89. The van der Waals surface area contributed by atoms with Gasteiger partial charge >= 0.3 is 0 Å². The normalized spacial score (nSPS) is 22.2. The molecule has 0 N–H and O–H groups in total. The van der Waals surface area contributed by atoms with Crippen molar-refractivity contribution in [3.8, 4) is 0 Å². The van der Waals surface area contributed by atoms with Crippen molar-refractivity contribution in [2.45, 2.75) is 38.3 Å². The topological polar surface area (TPSA) is 36.0 Å². The van der Waals surface area contributed by atoms with Gasteiger partial charge in [0.15, 0.2) is 0 Å². The summed E-state index contributed by atoms with van der Waals surface area (Å²) in [6.07, 6.45) is 3.57. The van der Waals surface area contributed by atoms with E-state index in [-0.39, 0.29) is 17.8 Å². The van der Waals surface area contributed by atoms with Crippen molar-refractivity contribution >= 4 is 5.91 Å². The number of likely N-dealkylation sites (tertiary alicyclic amines) is 1. The number of carbonyl (C=O) groups excluding carboxylic acids is 1. The van der Waals surface area contributed by atoms with E-state index in [2.05, 4.69) is 4.90 Å². The Morgan fingerprint density at radius 3 is 2.92 bits per heavy atom. The molecule has 1 atom stereocenters. The van der Waals surface area contributed by atoms with Crippen molar-refractivity contribution < 1.29 is 14.0 Å². The van der Waals surface area contributed by atoms with Crippen LogP contribution in [0.15, 0.2) is 24.3 Å². The third kappa shape index (κ3) is 5.00. The fourth-order valence-electron chi connectivity index (χ4n) is 3.63. The van der Waals surface area contributed by atoms with Gasteiger partial charge in [0.25, 0.3) is 0 Å². The SMILES string of the molecule is CN(C(=O)CCN1CCCO1)[C@@H]1CCCN(Cc2ccccc2F)C1. The summed E-state index contributed by atoms with van der Waals surface area (Å²) in [4.78, 5) is 22.1. The lowest BCUT2D eigenvalue weighted by molar-refractivity contribution is -0.140. The second-order valence-corrected chi connectivity index (χ2v) is 6.99. The molecule has 5 nitrogen and oxygen atoms in total. The van der Waals surface area contributed by atoms with E-state index >= 15 is 0 Å². The Hall–Kier alpha value is -1.50. The molecule has 0 radical (unpaired) electrons. The van der Waals surface area contributed by atoms with Gasteiger partial charge in [-0.1, -0.05) is 18.2 Å².